The molecule has 0 aliphatic rings. The Bertz CT molecular complexity index is 344. The van der Waals surface area contributed by atoms with Crippen molar-refractivity contribution in [2.45, 2.75) is 19.9 Å². The predicted octanol–water partition coefficient (Wildman–Crippen LogP) is 1.15. The molecule has 1 N–H and O–H groups in total. The highest BCUT2D eigenvalue weighted by Crippen LogP contribution is 2.18. The minimum Gasteiger partial charge on any atom is -0.355 e. The molecule has 0 unspecified atom stereocenters. The van der Waals surface area contributed by atoms with E-state index in [4.69, 9.17) is 11.6 Å². The molecular weight excluding hydrogens is 248 g/mol. The lowest BCUT2D eigenvalue weighted by atomic mass is 10.4. The van der Waals surface area contributed by atoms with Crippen LogP contribution in [0.25, 0.3) is 0 Å². The number of nitrogens with zero attached hydrogens (tertiary/aromatic N) is 3. The van der Waals surface area contributed by atoms with E-state index in [0.29, 0.717) is 24.0 Å². The average Bonchev–Trinajstić information content (AvgIpc) is 2.61. The molecule has 7 heteroatoms. The van der Waals surface area contributed by atoms with Crippen LogP contribution in [0.3, 0.4) is 0 Å². The van der Waals surface area contributed by atoms with Crippen molar-refractivity contribution in [2.24, 2.45) is 0 Å². The Morgan fingerprint density at radius 2 is 2.38 bits per heavy atom. The van der Waals surface area contributed by atoms with Crippen LogP contribution >= 0.6 is 23.1 Å². The highest BCUT2D eigenvalue weighted by molar-refractivity contribution is 7.10. The third-order valence-electron chi connectivity index (χ3n) is 1.91. The Morgan fingerprint density at radius 3 is 2.94 bits per heavy atom. The van der Waals surface area contributed by atoms with Crippen LogP contribution in [0.15, 0.2) is 0 Å². The number of carbonyl (C=O) groups excluding carboxylic acids is 1. The number of likely N-dealkylation sites (N-methyl/N-ethyl adjacent to an activating group) is 1. The first-order valence-corrected chi connectivity index (χ1v) is 6.20. The van der Waals surface area contributed by atoms with Gasteiger partial charge >= 0.3 is 0 Å². The predicted molar refractivity (Wildman–Crippen MR) is 64.6 cm³/mol. The standard InChI is InChI=1S/C9H15ClN4OS/c1-3-4-11-8(15)6-14(2)5-7-9(10)16-13-12-7/h3-6H2,1-2H3,(H,11,15). The van der Waals surface area contributed by atoms with E-state index >= 15 is 0 Å². The fraction of sp³-hybridized carbons (Fsp3) is 0.667. The lowest BCUT2D eigenvalue weighted by Crippen LogP contribution is -2.35. The first-order valence-electron chi connectivity index (χ1n) is 5.05. The molecule has 1 aromatic rings. The van der Waals surface area contributed by atoms with Crippen LogP contribution in [0.2, 0.25) is 4.34 Å². The van der Waals surface area contributed by atoms with Gasteiger partial charge in [-0.2, -0.15) is 0 Å². The van der Waals surface area contributed by atoms with Gasteiger partial charge in [0.25, 0.3) is 0 Å². The smallest absolute Gasteiger partial charge is 0.234 e. The minimum absolute atomic E-state index is 0.0173. The summed E-state index contributed by atoms with van der Waals surface area (Å²) in [5.41, 5.74) is 0.720. The largest absolute Gasteiger partial charge is 0.355 e. The van der Waals surface area contributed by atoms with Gasteiger partial charge in [-0.15, -0.1) is 5.10 Å². The van der Waals surface area contributed by atoms with Crippen LogP contribution in [0, 0.1) is 0 Å². The number of amides is 1. The SMILES string of the molecule is CCCNC(=O)CN(C)Cc1nnsc1Cl. The van der Waals surface area contributed by atoms with Crippen molar-refractivity contribution in [3.8, 4) is 0 Å². The number of halogens is 1. The summed E-state index contributed by atoms with van der Waals surface area (Å²) in [5.74, 6) is 0.0173. The topological polar surface area (TPSA) is 58.1 Å². The number of hydrogen-bond acceptors (Lipinski definition) is 5. The van der Waals surface area contributed by atoms with Gasteiger partial charge in [-0.1, -0.05) is 23.0 Å². The summed E-state index contributed by atoms with van der Waals surface area (Å²) in [6, 6.07) is 0. The van der Waals surface area contributed by atoms with Crippen LogP contribution in [-0.2, 0) is 11.3 Å². The van der Waals surface area contributed by atoms with E-state index in [1.807, 2.05) is 18.9 Å². The van der Waals surface area contributed by atoms with Gasteiger partial charge < -0.3 is 5.32 Å². The van der Waals surface area contributed by atoms with Gasteiger partial charge in [0.1, 0.15) is 10.0 Å². The molecule has 1 rings (SSSR count). The molecule has 0 saturated carbocycles. The zero-order valence-electron chi connectivity index (χ0n) is 9.36. The van der Waals surface area contributed by atoms with Gasteiger partial charge in [0.2, 0.25) is 5.91 Å². The lowest BCUT2D eigenvalue weighted by Gasteiger charge is -2.14. The molecule has 0 aliphatic heterocycles. The number of aromatic nitrogens is 2. The Hall–Kier alpha value is -0.720. The third kappa shape index (κ3) is 4.42. The van der Waals surface area contributed by atoms with E-state index < -0.39 is 0 Å². The normalized spacial score (nSPS) is 10.8. The van der Waals surface area contributed by atoms with Crippen molar-refractivity contribution in [1.82, 2.24) is 19.8 Å². The van der Waals surface area contributed by atoms with Crippen molar-refractivity contribution in [1.29, 1.82) is 0 Å². The summed E-state index contributed by atoms with van der Waals surface area (Å²) in [6.45, 7) is 3.61. The van der Waals surface area contributed by atoms with Crippen LogP contribution in [0.4, 0.5) is 0 Å². The van der Waals surface area contributed by atoms with Gasteiger partial charge in [-0.25, -0.2) is 0 Å². The molecule has 16 heavy (non-hydrogen) atoms. The third-order valence-corrected chi connectivity index (χ3v) is 2.90. The van der Waals surface area contributed by atoms with Gasteiger partial charge in [-0.05, 0) is 13.5 Å². The van der Waals surface area contributed by atoms with Crippen LogP contribution in [-0.4, -0.2) is 40.5 Å². The highest BCUT2D eigenvalue weighted by Gasteiger charge is 2.11. The Labute approximate surface area is 104 Å². The van der Waals surface area contributed by atoms with E-state index in [2.05, 4.69) is 14.9 Å². The zero-order valence-corrected chi connectivity index (χ0v) is 10.9. The van der Waals surface area contributed by atoms with Crippen LogP contribution in [0.5, 0.6) is 0 Å². The first kappa shape index (κ1) is 13.3. The van der Waals surface area contributed by atoms with Crippen molar-refractivity contribution in [3.63, 3.8) is 0 Å². The minimum atomic E-state index is 0.0173. The monoisotopic (exact) mass is 262 g/mol. The van der Waals surface area contributed by atoms with Gasteiger partial charge in [-0.3, -0.25) is 9.69 Å². The number of hydrogen-bond donors (Lipinski definition) is 1. The second kappa shape index (κ2) is 6.78. The van der Waals surface area contributed by atoms with Crippen LogP contribution < -0.4 is 5.32 Å². The number of rotatable bonds is 6. The number of nitrogens with one attached hydrogen (secondary N) is 1. The van der Waals surface area contributed by atoms with Crippen molar-refractivity contribution >= 4 is 29.0 Å². The van der Waals surface area contributed by atoms with Gasteiger partial charge in [0.05, 0.1) is 6.54 Å². The van der Waals surface area contributed by atoms with Crippen molar-refractivity contribution < 1.29 is 4.79 Å². The maximum absolute atomic E-state index is 11.4. The molecule has 1 heterocycles. The van der Waals surface area contributed by atoms with E-state index in [-0.39, 0.29) is 5.91 Å². The molecule has 0 spiro atoms. The maximum atomic E-state index is 11.4. The average molecular weight is 263 g/mol. The Morgan fingerprint density at radius 1 is 1.62 bits per heavy atom. The molecule has 1 amide bonds. The highest BCUT2D eigenvalue weighted by atomic mass is 35.5. The van der Waals surface area contributed by atoms with Crippen molar-refractivity contribution in [2.75, 3.05) is 20.1 Å². The molecule has 1 aromatic heterocycles. The molecule has 0 radical (unpaired) electrons. The van der Waals surface area contributed by atoms with E-state index in [9.17, 15) is 4.79 Å². The summed E-state index contributed by atoms with van der Waals surface area (Å²) in [6.07, 6.45) is 0.942. The molecule has 5 nitrogen and oxygen atoms in total. The molecular formula is C9H15ClN4OS. The summed E-state index contributed by atoms with van der Waals surface area (Å²) < 4.78 is 4.32. The van der Waals surface area contributed by atoms with E-state index in [1.54, 1.807) is 0 Å². The number of carbonyl (C=O) groups is 1. The van der Waals surface area contributed by atoms with E-state index in [0.717, 1.165) is 23.6 Å². The van der Waals surface area contributed by atoms with Gasteiger partial charge in [0.15, 0.2) is 0 Å². The lowest BCUT2D eigenvalue weighted by molar-refractivity contribution is -0.122. The van der Waals surface area contributed by atoms with Gasteiger partial charge in [0, 0.05) is 24.6 Å². The quantitative estimate of drug-likeness (QED) is 0.836. The molecule has 0 aliphatic carbocycles. The molecule has 0 saturated heterocycles. The summed E-state index contributed by atoms with van der Waals surface area (Å²) in [5, 5.41) is 6.70. The van der Waals surface area contributed by atoms with Crippen molar-refractivity contribution in [3.05, 3.63) is 10.0 Å². The zero-order chi connectivity index (χ0) is 12.0. The molecule has 0 atom stereocenters. The molecule has 0 aromatic carbocycles. The first-order chi connectivity index (χ1) is 7.63. The summed E-state index contributed by atoms with van der Waals surface area (Å²) >= 11 is 7.03. The fourth-order valence-corrected chi connectivity index (χ4v) is 1.78. The Balaban J connectivity index is 2.33. The second-order valence-electron chi connectivity index (χ2n) is 3.52. The Kier molecular flexibility index (Phi) is 5.65. The van der Waals surface area contributed by atoms with Crippen LogP contribution in [0.1, 0.15) is 19.0 Å². The molecule has 0 fully saturated rings. The maximum Gasteiger partial charge on any atom is 0.234 e. The summed E-state index contributed by atoms with van der Waals surface area (Å²) in [4.78, 5) is 13.3. The molecule has 0 bridgehead atoms. The fourth-order valence-electron chi connectivity index (χ4n) is 1.17. The molecule has 90 valence electrons. The summed E-state index contributed by atoms with van der Waals surface area (Å²) in [7, 11) is 1.85. The second-order valence-corrected chi connectivity index (χ2v) is 4.87. The van der Waals surface area contributed by atoms with E-state index in [1.165, 1.54) is 0 Å².